The van der Waals surface area contributed by atoms with Crippen LogP contribution in [0.2, 0.25) is 0 Å². The van der Waals surface area contributed by atoms with E-state index in [4.69, 9.17) is 0 Å². The first-order valence-corrected chi connectivity index (χ1v) is 7.67. The molecule has 1 unspecified atom stereocenters. The second-order valence-corrected chi connectivity index (χ2v) is 6.42. The first kappa shape index (κ1) is 13.9. The van der Waals surface area contributed by atoms with Crippen molar-refractivity contribution in [3.8, 4) is 0 Å². The fraction of sp³-hybridized carbons (Fsp3) is 0.933. The van der Waals surface area contributed by atoms with Crippen molar-refractivity contribution >= 4 is 5.91 Å². The first-order chi connectivity index (χ1) is 8.66. The molecule has 18 heavy (non-hydrogen) atoms. The van der Waals surface area contributed by atoms with Crippen molar-refractivity contribution in [3.05, 3.63) is 0 Å². The van der Waals surface area contributed by atoms with Gasteiger partial charge in [0.2, 0.25) is 5.91 Å². The van der Waals surface area contributed by atoms with Crippen LogP contribution >= 0.6 is 0 Å². The van der Waals surface area contributed by atoms with Crippen molar-refractivity contribution in [2.24, 2.45) is 11.8 Å². The third-order valence-electron chi connectivity index (χ3n) is 4.04. The summed E-state index contributed by atoms with van der Waals surface area (Å²) in [5.74, 6) is 1.71. The smallest absolute Gasteiger partial charge is 0.222 e. The molecule has 0 radical (unpaired) electrons. The van der Waals surface area contributed by atoms with Crippen LogP contribution < -0.4 is 5.32 Å². The van der Waals surface area contributed by atoms with Crippen LogP contribution in [0.1, 0.15) is 52.4 Å². The molecule has 1 saturated heterocycles. The molecule has 1 aliphatic carbocycles. The fourth-order valence-corrected chi connectivity index (χ4v) is 2.88. The lowest BCUT2D eigenvalue weighted by Crippen LogP contribution is -2.37. The maximum Gasteiger partial charge on any atom is 0.222 e. The molecular formula is C15H28N2O. The van der Waals surface area contributed by atoms with E-state index in [1.807, 2.05) is 0 Å². The van der Waals surface area contributed by atoms with Crippen LogP contribution in [-0.4, -0.2) is 36.5 Å². The Labute approximate surface area is 111 Å². The van der Waals surface area contributed by atoms with Gasteiger partial charge in [-0.25, -0.2) is 0 Å². The van der Waals surface area contributed by atoms with Crippen LogP contribution in [0, 0.1) is 11.8 Å². The Morgan fingerprint density at radius 1 is 1.33 bits per heavy atom. The van der Waals surface area contributed by atoms with Gasteiger partial charge < -0.3 is 10.2 Å². The third kappa shape index (κ3) is 4.27. The van der Waals surface area contributed by atoms with Gasteiger partial charge in [0.1, 0.15) is 0 Å². The molecule has 2 fully saturated rings. The largest absolute Gasteiger partial charge is 0.339 e. The maximum atomic E-state index is 12.3. The van der Waals surface area contributed by atoms with E-state index >= 15 is 0 Å². The summed E-state index contributed by atoms with van der Waals surface area (Å²) in [5, 5.41) is 3.43. The lowest BCUT2D eigenvalue weighted by molar-refractivity contribution is -0.132. The Balaban J connectivity index is 1.74. The van der Waals surface area contributed by atoms with Crippen molar-refractivity contribution in [3.63, 3.8) is 0 Å². The second-order valence-electron chi connectivity index (χ2n) is 6.42. The topological polar surface area (TPSA) is 32.3 Å². The number of nitrogens with zero attached hydrogens (tertiary/aromatic N) is 1. The van der Waals surface area contributed by atoms with Gasteiger partial charge in [0, 0.05) is 19.0 Å². The van der Waals surface area contributed by atoms with E-state index in [0.717, 1.165) is 38.4 Å². The van der Waals surface area contributed by atoms with Crippen molar-refractivity contribution in [1.82, 2.24) is 10.2 Å². The third-order valence-corrected chi connectivity index (χ3v) is 4.04. The molecule has 1 amide bonds. The van der Waals surface area contributed by atoms with Crippen LogP contribution in [0.5, 0.6) is 0 Å². The average molecular weight is 252 g/mol. The van der Waals surface area contributed by atoms with Gasteiger partial charge in [-0.2, -0.15) is 0 Å². The quantitative estimate of drug-likeness (QED) is 0.787. The highest BCUT2D eigenvalue weighted by molar-refractivity contribution is 5.76. The molecule has 104 valence electrons. The lowest BCUT2D eigenvalue weighted by atomic mass is 9.94. The van der Waals surface area contributed by atoms with Gasteiger partial charge in [-0.05, 0) is 57.0 Å². The van der Waals surface area contributed by atoms with Gasteiger partial charge in [0.15, 0.2) is 0 Å². The van der Waals surface area contributed by atoms with Gasteiger partial charge in [-0.15, -0.1) is 0 Å². The number of amides is 1. The Hall–Kier alpha value is -0.570. The van der Waals surface area contributed by atoms with Gasteiger partial charge in [0.05, 0.1) is 0 Å². The van der Waals surface area contributed by atoms with Crippen LogP contribution in [0.25, 0.3) is 0 Å². The summed E-state index contributed by atoms with van der Waals surface area (Å²) in [6, 6.07) is 0.574. The van der Waals surface area contributed by atoms with E-state index < -0.39 is 0 Å². The van der Waals surface area contributed by atoms with Crippen molar-refractivity contribution in [2.75, 3.05) is 19.6 Å². The monoisotopic (exact) mass is 252 g/mol. The van der Waals surface area contributed by atoms with E-state index in [1.165, 1.54) is 25.7 Å². The zero-order chi connectivity index (χ0) is 13.0. The Morgan fingerprint density at radius 3 is 2.67 bits per heavy atom. The highest BCUT2D eigenvalue weighted by atomic mass is 16.2. The highest BCUT2D eigenvalue weighted by Gasteiger charge is 2.32. The minimum Gasteiger partial charge on any atom is -0.339 e. The normalized spacial score (nSPS) is 24.3. The number of piperidine rings is 1. The zero-order valence-electron chi connectivity index (χ0n) is 12.0. The number of nitrogens with one attached hydrogen (secondary N) is 1. The van der Waals surface area contributed by atoms with Crippen molar-refractivity contribution < 1.29 is 4.79 Å². The van der Waals surface area contributed by atoms with Gasteiger partial charge in [0.25, 0.3) is 0 Å². The average Bonchev–Trinajstić information content (AvgIpc) is 3.18. The van der Waals surface area contributed by atoms with Gasteiger partial charge in [-0.3, -0.25) is 4.79 Å². The van der Waals surface area contributed by atoms with Crippen LogP contribution in [0.4, 0.5) is 0 Å². The fourth-order valence-electron chi connectivity index (χ4n) is 2.88. The number of carbonyl (C=O) groups is 1. The summed E-state index contributed by atoms with van der Waals surface area (Å²) in [4.78, 5) is 14.5. The molecule has 1 atom stereocenters. The highest BCUT2D eigenvalue weighted by Crippen LogP contribution is 2.29. The van der Waals surface area contributed by atoms with Crippen LogP contribution in [-0.2, 0) is 4.79 Å². The Morgan fingerprint density at radius 2 is 2.11 bits per heavy atom. The first-order valence-electron chi connectivity index (χ1n) is 7.67. The summed E-state index contributed by atoms with van der Waals surface area (Å²) in [6.07, 6.45) is 6.86. The number of hydrogen-bond donors (Lipinski definition) is 1. The standard InChI is InChI=1S/C15H28N2O/c1-12(2)11-17(14-6-7-14)15(18)8-5-13-4-3-9-16-10-13/h12-14,16H,3-11H2,1-2H3. The lowest BCUT2D eigenvalue weighted by Gasteiger charge is -2.27. The minimum absolute atomic E-state index is 0.400. The number of carbonyl (C=O) groups excluding carboxylic acids is 1. The number of rotatable bonds is 6. The summed E-state index contributed by atoms with van der Waals surface area (Å²) >= 11 is 0. The molecule has 1 aliphatic heterocycles. The van der Waals surface area contributed by atoms with Gasteiger partial charge in [-0.1, -0.05) is 13.8 Å². The van der Waals surface area contributed by atoms with E-state index in [2.05, 4.69) is 24.1 Å². The van der Waals surface area contributed by atoms with Gasteiger partial charge >= 0.3 is 0 Å². The SMILES string of the molecule is CC(C)CN(C(=O)CCC1CCCNC1)C1CC1. The van der Waals surface area contributed by atoms with Crippen molar-refractivity contribution in [2.45, 2.75) is 58.4 Å². The molecule has 3 heteroatoms. The summed E-state index contributed by atoms with van der Waals surface area (Å²) < 4.78 is 0. The predicted molar refractivity (Wildman–Crippen MR) is 74.4 cm³/mol. The molecule has 3 nitrogen and oxygen atoms in total. The molecular weight excluding hydrogens is 224 g/mol. The van der Waals surface area contributed by atoms with E-state index in [9.17, 15) is 4.79 Å². The summed E-state index contributed by atoms with van der Waals surface area (Å²) in [6.45, 7) is 7.63. The van der Waals surface area contributed by atoms with Crippen molar-refractivity contribution in [1.29, 1.82) is 0 Å². The molecule has 0 bridgehead atoms. The molecule has 2 rings (SSSR count). The summed E-state index contributed by atoms with van der Waals surface area (Å²) in [5.41, 5.74) is 0. The van der Waals surface area contributed by atoms with Crippen LogP contribution in [0.15, 0.2) is 0 Å². The van der Waals surface area contributed by atoms with E-state index in [1.54, 1.807) is 0 Å². The molecule has 1 heterocycles. The zero-order valence-corrected chi connectivity index (χ0v) is 12.0. The van der Waals surface area contributed by atoms with E-state index in [-0.39, 0.29) is 0 Å². The number of hydrogen-bond acceptors (Lipinski definition) is 2. The predicted octanol–water partition coefficient (Wildman–Crippen LogP) is 2.41. The molecule has 0 aromatic rings. The second kappa shape index (κ2) is 6.55. The molecule has 0 aromatic carbocycles. The molecule has 1 saturated carbocycles. The summed E-state index contributed by atoms with van der Waals surface area (Å²) in [7, 11) is 0. The molecule has 0 aromatic heterocycles. The Bertz CT molecular complexity index is 268. The maximum absolute atomic E-state index is 12.3. The molecule has 0 spiro atoms. The van der Waals surface area contributed by atoms with E-state index in [0.29, 0.717) is 17.9 Å². The molecule has 2 aliphatic rings. The Kier molecular flexibility index (Phi) is 5.04. The van der Waals surface area contributed by atoms with Crippen LogP contribution in [0.3, 0.4) is 0 Å². The minimum atomic E-state index is 0.400. The molecule has 1 N–H and O–H groups in total.